The van der Waals surface area contributed by atoms with Crippen molar-refractivity contribution in [2.24, 2.45) is 0 Å². The normalized spacial score (nSPS) is 10.9. The Balaban J connectivity index is 1.53. The van der Waals surface area contributed by atoms with E-state index in [4.69, 9.17) is 9.26 Å². The predicted octanol–water partition coefficient (Wildman–Crippen LogP) is 5.20. The van der Waals surface area contributed by atoms with Crippen LogP contribution in [-0.2, 0) is 6.54 Å². The average Bonchev–Trinajstić information content (AvgIpc) is 3.50. The molecule has 158 valence electrons. The van der Waals surface area contributed by atoms with Gasteiger partial charge in [0, 0.05) is 17.8 Å². The molecule has 0 unspecified atom stereocenters. The molecule has 5 rings (SSSR count). The molecule has 0 aliphatic carbocycles. The van der Waals surface area contributed by atoms with Crippen molar-refractivity contribution in [2.75, 3.05) is 12.0 Å². The molecule has 0 spiro atoms. The van der Waals surface area contributed by atoms with Gasteiger partial charge in [-0.2, -0.15) is 0 Å². The second-order valence-electron chi connectivity index (χ2n) is 6.98. The number of rotatable bonds is 6. The van der Waals surface area contributed by atoms with Gasteiger partial charge in [-0.05, 0) is 30.3 Å². The van der Waals surface area contributed by atoms with Crippen LogP contribution in [0.2, 0.25) is 0 Å². The fourth-order valence-electron chi connectivity index (χ4n) is 3.27. The van der Waals surface area contributed by atoms with Crippen molar-refractivity contribution in [3.8, 4) is 17.1 Å². The lowest BCUT2D eigenvalue weighted by Gasteiger charge is -2.18. The van der Waals surface area contributed by atoms with Gasteiger partial charge < -0.3 is 9.26 Å². The fraction of sp³-hybridized carbons (Fsp3) is 0.0833. The average molecular weight is 443 g/mol. The van der Waals surface area contributed by atoms with Crippen LogP contribution in [0.3, 0.4) is 0 Å². The Bertz CT molecular complexity index is 1370. The van der Waals surface area contributed by atoms with Crippen molar-refractivity contribution in [1.29, 1.82) is 0 Å². The highest BCUT2D eigenvalue weighted by Gasteiger charge is 2.25. The molecule has 7 nitrogen and oxygen atoms in total. The lowest BCUT2D eigenvalue weighted by atomic mass is 10.1. The van der Waals surface area contributed by atoms with E-state index >= 15 is 0 Å². The van der Waals surface area contributed by atoms with E-state index in [2.05, 4.69) is 15.1 Å². The van der Waals surface area contributed by atoms with Crippen LogP contribution < -0.4 is 9.64 Å². The maximum Gasteiger partial charge on any atom is 0.282 e. The quantitative estimate of drug-likeness (QED) is 0.359. The molecule has 0 radical (unpaired) electrons. The number of amides is 1. The van der Waals surface area contributed by atoms with Gasteiger partial charge in [0.2, 0.25) is 0 Å². The van der Waals surface area contributed by atoms with E-state index in [-0.39, 0.29) is 18.1 Å². The molecule has 8 heteroatoms. The Morgan fingerprint density at radius 1 is 1.06 bits per heavy atom. The predicted molar refractivity (Wildman–Crippen MR) is 123 cm³/mol. The summed E-state index contributed by atoms with van der Waals surface area (Å²) in [5.41, 5.74) is 2.58. The highest BCUT2D eigenvalue weighted by Crippen LogP contribution is 2.33. The zero-order chi connectivity index (χ0) is 21.9. The Morgan fingerprint density at radius 2 is 1.91 bits per heavy atom. The first-order valence-corrected chi connectivity index (χ1v) is 10.7. The summed E-state index contributed by atoms with van der Waals surface area (Å²) < 4.78 is 11.7. The van der Waals surface area contributed by atoms with E-state index in [1.165, 1.54) is 11.3 Å². The molecular weight excluding hydrogens is 424 g/mol. The molecule has 0 fully saturated rings. The molecular formula is C24H18N4O3S. The number of methoxy groups -OCH3 is 1. The van der Waals surface area contributed by atoms with Gasteiger partial charge >= 0.3 is 0 Å². The number of pyridine rings is 1. The molecule has 0 saturated carbocycles. The van der Waals surface area contributed by atoms with Crippen LogP contribution in [0.1, 0.15) is 16.2 Å². The molecule has 3 heterocycles. The topological polar surface area (TPSA) is 81.4 Å². The Kier molecular flexibility index (Phi) is 5.35. The van der Waals surface area contributed by atoms with Crippen LogP contribution in [0.25, 0.3) is 21.5 Å². The highest BCUT2D eigenvalue weighted by atomic mass is 32.1. The van der Waals surface area contributed by atoms with Crippen LogP contribution in [-0.4, -0.2) is 28.1 Å². The summed E-state index contributed by atoms with van der Waals surface area (Å²) in [5.74, 6) is 0.952. The lowest BCUT2D eigenvalue weighted by Crippen LogP contribution is -2.31. The zero-order valence-electron chi connectivity index (χ0n) is 17.1. The number of hydrogen-bond acceptors (Lipinski definition) is 7. The van der Waals surface area contributed by atoms with Gasteiger partial charge in [-0.25, -0.2) is 4.98 Å². The first kappa shape index (κ1) is 19.9. The van der Waals surface area contributed by atoms with Crippen molar-refractivity contribution < 1.29 is 14.1 Å². The summed E-state index contributed by atoms with van der Waals surface area (Å²) >= 11 is 1.41. The van der Waals surface area contributed by atoms with Crippen LogP contribution in [0.5, 0.6) is 5.75 Å². The molecule has 0 bridgehead atoms. The zero-order valence-corrected chi connectivity index (χ0v) is 18.0. The minimum Gasteiger partial charge on any atom is -0.497 e. The van der Waals surface area contributed by atoms with E-state index in [0.29, 0.717) is 10.9 Å². The second-order valence-corrected chi connectivity index (χ2v) is 7.99. The van der Waals surface area contributed by atoms with E-state index < -0.39 is 0 Å². The van der Waals surface area contributed by atoms with Crippen LogP contribution in [0.4, 0.5) is 5.13 Å². The summed E-state index contributed by atoms with van der Waals surface area (Å²) in [6, 6.07) is 22.4. The third kappa shape index (κ3) is 3.95. The number of ether oxygens (including phenoxy) is 1. The maximum atomic E-state index is 13.5. The Morgan fingerprint density at radius 3 is 2.69 bits per heavy atom. The standard InChI is InChI=1S/C24H18N4O3S/c1-30-18-10-11-19-22(13-18)32-24(26-19)28(15-17-9-5-6-12-25-17)23(29)20-14-21(31-27-20)16-7-3-2-4-8-16/h2-14H,15H2,1H3. The van der Waals surface area contributed by atoms with Gasteiger partial charge in [-0.1, -0.05) is 52.9 Å². The summed E-state index contributed by atoms with van der Waals surface area (Å²) in [4.78, 5) is 24.1. The molecule has 3 aromatic heterocycles. The minimum absolute atomic E-state index is 0.205. The minimum atomic E-state index is -0.312. The van der Waals surface area contributed by atoms with E-state index in [1.807, 2.05) is 66.7 Å². The molecule has 1 amide bonds. The lowest BCUT2D eigenvalue weighted by molar-refractivity contribution is 0.0976. The molecule has 0 saturated heterocycles. The van der Waals surface area contributed by atoms with Crippen molar-refractivity contribution in [2.45, 2.75) is 6.54 Å². The highest BCUT2D eigenvalue weighted by molar-refractivity contribution is 7.22. The number of carbonyl (C=O) groups excluding carboxylic acids is 1. The molecule has 0 aliphatic heterocycles. The number of fused-ring (bicyclic) bond motifs is 1. The largest absolute Gasteiger partial charge is 0.497 e. The van der Waals surface area contributed by atoms with Crippen molar-refractivity contribution in [3.63, 3.8) is 0 Å². The third-order valence-corrected chi connectivity index (χ3v) is 5.94. The number of anilines is 1. The van der Waals surface area contributed by atoms with Gasteiger partial charge in [-0.15, -0.1) is 0 Å². The molecule has 2 aromatic carbocycles. The van der Waals surface area contributed by atoms with Crippen molar-refractivity contribution in [3.05, 3.63) is 90.4 Å². The van der Waals surface area contributed by atoms with E-state index in [9.17, 15) is 4.79 Å². The van der Waals surface area contributed by atoms with Crippen LogP contribution in [0.15, 0.2) is 83.5 Å². The van der Waals surface area contributed by atoms with Gasteiger partial charge in [0.25, 0.3) is 5.91 Å². The molecule has 0 N–H and O–H groups in total. The van der Waals surface area contributed by atoms with Gasteiger partial charge in [-0.3, -0.25) is 14.7 Å². The van der Waals surface area contributed by atoms with E-state index in [0.717, 1.165) is 27.2 Å². The first-order chi connectivity index (χ1) is 15.7. The maximum absolute atomic E-state index is 13.5. The van der Waals surface area contributed by atoms with Crippen molar-refractivity contribution >= 4 is 32.6 Å². The van der Waals surface area contributed by atoms with Crippen LogP contribution in [0, 0.1) is 0 Å². The molecule has 5 aromatic rings. The van der Waals surface area contributed by atoms with Gasteiger partial charge in [0.05, 0.1) is 29.6 Å². The number of nitrogens with zero attached hydrogens (tertiary/aromatic N) is 4. The number of hydrogen-bond donors (Lipinski definition) is 0. The second kappa shape index (κ2) is 8.60. The van der Waals surface area contributed by atoms with Crippen molar-refractivity contribution in [1.82, 2.24) is 15.1 Å². The third-order valence-electron chi connectivity index (χ3n) is 4.89. The molecule has 0 atom stereocenters. The molecule has 0 aliphatic rings. The Hall–Kier alpha value is -4.04. The van der Waals surface area contributed by atoms with Gasteiger partial charge in [0.15, 0.2) is 16.6 Å². The summed E-state index contributed by atoms with van der Waals surface area (Å²) in [6.45, 7) is 0.254. The number of thiazole rings is 1. The summed E-state index contributed by atoms with van der Waals surface area (Å²) in [5, 5.41) is 4.58. The van der Waals surface area contributed by atoms with Crippen LogP contribution >= 0.6 is 11.3 Å². The summed E-state index contributed by atoms with van der Waals surface area (Å²) in [6.07, 6.45) is 1.70. The molecule has 32 heavy (non-hydrogen) atoms. The first-order valence-electron chi connectivity index (χ1n) is 9.90. The number of aromatic nitrogens is 3. The van der Waals surface area contributed by atoms with E-state index in [1.54, 1.807) is 24.3 Å². The number of benzene rings is 2. The Labute approximate surface area is 187 Å². The van der Waals surface area contributed by atoms with Gasteiger partial charge in [0.1, 0.15) is 5.75 Å². The monoisotopic (exact) mass is 442 g/mol. The fourth-order valence-corrected chi connectivity index (χ4v) is 4.26. The SMILES string of the molecule is COc1ccc2nc(N(Cc3ccccn3)C(=O)c3cc(-c4ccccc4)on3)sc2c1. The summed E-state index contributed by atoms with van der Waals surface area (Å²) in [7, 11) is 1.62. The number of carbonyl (C=O) groups is 1. The smallest absolute Gasteiger partial charge is 0.282 e.